The lowest BCUT2D eigenvalue weighted by Gasteiger charge is -2.18. The van der Waals surface area contributed by atoms with E-state index in [2.05, 4.69) is 0 Å². The molecule has 1 N–H and O–H groups in total. The Hall–Kier alpha value is -1.15. The molecule has 2 aromatic rings. The molecule has 1 unspecified atom stereocenters. The van der Waals surface area contributed by atoms with E-state index in [1.807, 2.05) is 0 Å². The fourth-order valence-electron chi connectivity index (χ4n) is 1.91. The predicted octanol–water partition coefficient (Wildman–Crippen LogP) is 2.90. The van der Waals surface area contributed by atoms with Gasteiger partial charge in [-0.15, -0.1) is 11.3 Å². The second-order valence-corrected chi connectivity index (χ2v) is 8.13. The van der Waals surface area contributed by atoms with Gasteiger partial charge in [0.2, 0.25) is 10.0 Å². The molecule has 1 heterocycles. The number of hydrogen-bond donors (Lipinski definition) is 1. The van der Waals surface area contributed by atoms with E-state index in [1.165, 1.54) is 25.3 Å². The quantitative estimate of drug-likeness (QED) is 0.902. The number of thiophene rings is 1. The first kappa shape index (κ1) is 16.2. The SMILES string of the molecule is CC(CN(C)S(=O)(=O)c1csc2ccc(Cl)cc12)C(=O)O. The molecule has 1 atom stereocenters. The molecule has 0 aliphatic carbocycles. The van der Waals surface area contributed by atoms with Crippen molar-refractivity contribution in [3.8, 4) is 0 Å². The molecule has 0 bridgehead atoms. The van der Waals surface area contributed by atoms with Crippen LogP contribution in [0.4, 0.5) is 0 Å². The summed E-state index contributed by atoms with van der Waals surface area (Å²) in [6.45, 7) is 1.38. The van der Waals surface area contributed by atoms with Gasteiger partial charge in [-0.2, -0.15) is 0 Å². The van der Waals surface area contributed by atoms with E-state index in [9.17, 15) is 13.2 Å². The number of rotatable bonds is 5. The molecule has 0 saturated carbocycles. The third-order valence-electron chi connectivity index (χ3n) is 3.14. The molecular weight excluding hydrogens is 334 g/mol. The Balaban J connectivity index is 2.42. The molecule has 0 spiro atoms. The van der Waals surface area contributed by atoms with E-state index < -0.39 is 21.9 Å². The van der Waals surface area contributed by atoms with Gasteiger partial charge in [-0.05, 0) is 18.2 Å². The minimum absolute atomic E-state index is 0.0877. The van der Waals surface area contributed by atoms with Crippen LogP contribution in [-0.4, -0.2) is 37.4 Å². The molecule has 8 heteroatoms. The van der Waals surface area contributed by atoms with Crippen molar-refractivity contribution in [1.29, 1.82) is 0 Å². The number of benzene rings is 1. The summed E-state index contributed by atoms with van der Waals surface area (Å²) in [5, 5.41) is 11.5. The number of nitrogens with zero attached hydrogens (tertiary/aromatic N) is 1. The number of carboxylic acid groups (broad SMARTS) is 1. The Morgan fingerprint density at radius 1 is 1.48 bits per heavy atom. The maximum atomic E-state index is 12.6. The summed E-state index contributed by atoms with van der Waals surface area (Å²) in [6.07, 6.45) is 0. The molecule has 5 nitrogen and oxygen atoms in total. The van der Waals surface area contributed by atoms with Gasteiger partial charge in [-0.25, -0.2) is 12.7 Å². The predicted molar refractivity (Wildman–Crippen MR) is 83.5 cm³/mol. The second kappa shape index (κ2) is 5.92. The fraction of sp³-hybridized carbons (Fsp3) is 0.308. The van der Waals surface area contributed by atoms with E-state index in [4.69, 9.17) is 16.7 Å². The zero-order chi connectivity index (χ0) is 15.8. The number of aliphatic carboxylic acids is 1. The first-order chi connectivity index (χ1) is 9.73. The van der Waals surface area contributed by atoms with Crippen LogP contribution >= 0.6 is 22.9 Å². The lowest BCUT2D eigenvalue weighted by atomic mass is 10.2. The number of carboxylic acids is 1. The molecular formula is C13H14ClNO4S2. The Labute approximate surface area is 131 Å². The van der Waals surface area contributed by atoms with Crippen LogP contribution in [-0.2, 0) is 14.8 Å². The standard InChI is InChI=1S/C13H14ClNO4S2/c1-8(13(16)17)6-15(2)21(18,19)12-7-20-11-4-3-9(14)5-10(11)12/h3-5,7-8H,6H2,1-2H3,(H,16,17). The van der Waals surface area contributed by atoms with E-state index in [-0.39, 0.29) is 11.4 Å². The normalized spacial score (nSPS) is 13.7. The highest BCUT2D eigenvalue weighted by molar-refractivity contribution is 7.89. The van der Waals surface area contributed by atoms with Crippen LogP contribution in [0.25, 0.3) is 10.1 Å². The summed E-state index contributed by atoms with van der Waals surface area (Å²) in [6, 6.07) is 5.07. The molecule has 114 valence electrons. The third kappa shape index (κ3) is 3.21. The van der Waals surface area contributed by atoms with Gasteiger partial charge in [-0.3, -0.25) is 4.79 Å². The summed E-state index contributed by atoms with van der Waals surface area (Å²) < 4.78 is 27.0. The van der Waals surface area contributed by atoms with Gasteiger partial charge in [-0.1, -0.05) is 18.5 Å². The van der Waals surface area contributed by atoms with Crippen LogP contribution in [0, 0.1) is 5.92 Å². The molecule has 1 aromatic carbocycles. The van der Waals surface area contributed by atoms with Gasteiger partial charge in [0, 0.05) is 34.1 Å². The van der Waals surface area contributed by atoms with Crippen LogP contribution in [0.1, 0.15) is 6.92 Å². The summed E-state index contributed by atoms with van der Waals surface area (Å²) in [5.74, 6) is -1.81. The van der Waals surface area contributed by atoms with Crippen molar-refractivity contribution in [3.63, 3.8) is 0 Å². The minimum atomic E-state index is -3.75. The first-order valence-corrected chi connectivity index (χ1v) is 8.79. The maximum absolute atomic E-state index is 12.6. The maximum Gasteiger partial charge on any atom is 0.307 e. The lowest BCUT2D eigenvalue weighted by molar-refractivity contribution is -0.141. The molecule has 0 aliphatic heterocycles. The summed E-state index contributed by atoms with van der Waals surface area (Å²) in [5.41, 5.74) is 0. The van der Waals surface area contributed by atoms with Crippen LogP contribution in [0.3, 0.4) is 0 Å². The van der Waals surface area contributed by atoms with E-state index in [1.54, 1.807) is 23.6 Å². The van der Waals surface area contributed by atoms with Crippen molar-refractivity contribution in [2.45, 2.75) is 11.8 Å². The highest BCUT2D eigenvalue weighted by atomic mass is 35.5. The highest BCUT2D eigenvalue weighted by Crippen LogP contribution is 2.33. The third-order valence-corrected chi connectivity index (χ3v) is 6.35. The number of fused-ring (bicyclic) bond motifs is 1. The van der Waals surface area contributed by atoms with Crippen molar-refractivity contribution in [3.05, 3.63) is 28.6 Å². The molecule has 0 radical (unpaired) electrons. The number of hydrogen-bond acceptors (Lipinski definition) is 4. The Bertz CT molecular complexity index is 785. The number of sulfonamides is 1. The van der Waals surface area contributed by atoms with Gasteiger partial charge in [0.05, 0.1) is 5.92 Å². The van der Waals surface area contributed by atoms with Crippen molar-refractivity contribution in [2.24, 2.45) is 5.92 Å². The molecule has 0 saturated heterocycles. The average Bonchev–Trinajstić information content (AvgIpc) is 2.81. The van der Waals surface area contributed by atoms with Gasteiger partial charge in [0.15, 0.2) is 0 Å². The fourth-order valence-corrected chi connectivity index (χ4v) is 4.78. The van der Waals surface area contributed by atoms with E-state index >= 15 is 0 Å². The van der Waals surface area contributed by atoms with E-state index in [0.29, 0.717) is 10.4 Å². The van der Waals surface area contributed by atoms with Crippen molar-refractivity contribution < 1.29 is 18.3 Å². The Kier molecular flexibility index (Phi) is 4.57. The van der Waals surface area contributed by atoms with Crippen LogP contribution in [0.2, 0.25) is 5.02 Å². The smallest absolute Gasteiger partial charge is 0.307 e. The molecule has 2 rings (SSSR count). The highest BCUT2D eigenvalue weighted by Gasteiger charge is 2.27. The van der Waals surface area contributed by atoms with Crippen molar-refractivity contribution in [1.82, 2.24) is 4.31 Å². The topological polar surface area (TPSA) is 74.7 Å². The molecule has 21 heavy (non-hydrogen) atoms. The lowest BCUT2D eigenvalue weighted by Crippen LogP contribution is -2.33. The van der Waals surface area contributed by atoms with E-state index in [0.717, 1.165) is 9.01 Å². The zero-order valence-electron chi connectivity index (χ0n) is 11.4. The summed E-state index contributed by atoms with van der Waals surface area (Å²) in [4.78, 5) is 11.0. The Morgan fingerprint density at radius 2 is 2.14 bits per heavy atom. The largest absolute Gasteiger partial charge is 0.481 e. The van der Waals surface area contributed by atoms with Crippen LogP contribution in [0.5, 0.6) is 0 Å². The second-order valence-electron chi connectivity index (χ2n) is 4.77. The minimum Gasteiger partial charge on any atom is -0.481 e. The number of halogens is 1. The number of carbonyl (C=O) groups is 1. The molecule has 0 fully saturated rings. The van der Waals surface area contributed by atoms with Gasteiger partial charge in [0.1, 0.15) is 4.90 Å². The van der Waals surface area contributed by atoms with Gasteiger partial charge < -0.3 is 5.11 Å². The average molecular weight is 348 g/mol. The zero-order valence-corrected chi connectivity index (χ0v) is 13.8. The Morgan fingerprint density at radius 3 is 2.76 bits per heavy atom. The van der Waals surface area contributed by atoms with Crippen molar-refractivity contribution >= 4 is 49.0 Å². The molecule has 0 aliphatic rings. The summed E-state index contributed by atoms with van der Waals surface area (Å²) in [7, 11) is -2.37. The summed E-state index contributed by atoms with van der Waals surface area (Å²) >= 11 is 7.23. The molecule has 1 aromatic heterocycles. The first-order valence-electron chi connectivity index (χ1n) is 6.09. The van der Waals surface area contributed by atoms with Crippen LogP contribution in [0.15, 0.2) is 28.5 Å². The van der Waals surface area contributed by atoms with Crippen molar-refractivity contribution in [2.75, 3.05) is 13.6 Å². The van der Waals surface area contributed by atoms with Crippen LogP contribution < -0.4 is 0 Å². The molecule has 0 amide bonds. The van der Waals surface area contributed by atoms with Gasteiger partial charge >= 0.3 is 5.97 Å². The monoisotopic (exact) mass is 347 g/mol. The van der Waals surface area contributed by atoms with Gasteiger partial charge in [0.25, 0.3) is 0 Å².